The second-order valence-corrected chi connectivity index (χ2v) is 7.44. The molecule has 0 aromatic carbocycles. The zero-order chi connectivity index (χ0) is 17.6. The smallest absolute Gasteiger partial charge is 0.220 e. The Balaban J connectivity index is 1.89. The van der Waals surface area contributed by atoms with Crippen molar-refractivity contribution in [1.29, 1.82) is 0 Å². The molecule has 5 nitrogen and oxygen atoms in total. The molecule has 0 radical (unpaired) electrons. The van der Waals surface area contributed by atoms with Gasteiger partial charge in [0, 0.05) is 41.3 Å². The van der Waals surface area contributed by atoms with Crippen LogP contribution in [0.1, 0.15) is 44.4 Å². The van der Waals surface area contributed by atoms with E-state index in [2.05, 4.69) is 23.8 Å². The Morgan fingerprint density at radius 1 is 1.28 bits per heavy atom. The van der Waals surface area contributed by atoms with Gasteiger partial charge in [-0.3, -0.25) is 9.78 Å². The van der Waals surface area contributed by atoms with Crippen molar-refractivity contribution >= 4 is 5.78 Å². The van der Waals surface area contributed by atoms with Crippen LogP contribution in [-0.2, 0) is 16.6 Å². The van der Waals surface area contributed by atoms with Crippen LogP contribution in [0.4, 0.5) is 0 Å². The quantitative estimate of drug-likeness (QED) is 0.840. The third-order valence-corrected chi connectivity index (χ3v) is 6.15. The normalized spacial score (nSPS) is 28.2. The number of carbonyl (C=O) groups excluding carboxylic acids is 1. The Morgan fingerprint density at radius 2 is 2.12 bits per heavy atom. The molecule has 1 saturated carbocycles. The molecule has 1 fully saturated rings. The van der Waals surface area contributed by atoms with Gasteiger partial charge in [-0.15, -0.1) is 0 Å². The van der Waals surface area contributed by atoms with E-state index >= 15 is 0 Å². The summed E-state index contributed by atoms with van der Waals surface area (Å²) in [5.74, 6) is 2.12. The lowest BCUT2D eigenvalue weighted by Gasteiger charge is -2.47. The lowest BCUT2D eigenvalue weighted by atomic mass is 9.56. The molecule has 4 rings (SSSR count). The number of hydrogen-bond acceptors (Lipinski definition) is 5. The topological polar surface area (TPSA) is 65.0 Å². The fourth-order valence-electron chi connectivity index (χ4n) is 4.69. The summed E-state index contributed by atoms with van der Waals surface area (Å²) in [6, 6.07) is 3.85. The summed E-state index contributed by atoms with van der Waals surface area (Å²) in [4.78, 5) is 26.0. The fraction of sp³-hybridized carbons (Fsp3) is 0.500. The number of hydrogen-bond donors (Lipinski definition) is 0. The summed E-state index contributed by atoms with van der Waals surface area (Å²) in [6.45, 7) is 4.34. The molecule has 0 bridgehead atoms. The van der Waals surface area contributed by atoms with E-state index in [1.807, 2.05) is 12.1 Å². The number of rotatable bonds is 2. The third-order valence-electron chi connectivity index (χ3n) is 6.15. The van der Waals surface area contributed by atoms with Crippen molar-refractivity contribution in [3.05, 3.63) is 35.8 Å². The van der Waals surface area contributed by atoms with Gasteiger partial charge in [0.1, 0.15) is 5.78 Å². The van der Waals surface area contributed by atoms with Gasteiger partial charge in [0.05, 0.1) is 12.8 Å². The minimum atomic E-state index is -0.103. The van der Waals surface area contributed by atoms with Crippen molar-refractivity contribution < 1.29 is 9.53 Å². The molecular formula is C20H23N3O2. The molecule has 2 aromatic rings. The number of pyridine rings is 1. The minimum absolute atomic E-state index is 0.0923. The summed E-state index contributed by atoms with van der Waals surface area (Å²) in [6.07, 6.45) is 6.84. The highest BCUT2D eigenvalue weighted by Crippen LogP contribution is 2.51. The number of ether oxygens (including phenoxy) is 1. The number of carbonyl (C=O) groups is 1. The van der Waals surface area contributed by atoms with E-state index in [4.69, 9.17) is 9.72 Å². The molecule has 0 saturated heterocycles. The van der Waals surface area contributed by atoms with E-state index in [-0.39, 0.29) is 11.3 Å². The molecule has 0 amide bonds. The first-order valence-electron chi connectivity index (χ1n) is 8.93. The number of Topliss-reactive ketones (excluding diaryl/α,β-unsaturated/α-hetero) is 1. The van der Waals surface area contributed by atoms with E-state index < -0.39 is 0 Å². The highest BCUT2D eigenvalue weighted by Gasteiger charge is 2.49. The Labute approximate surface area is 147 Å². The van der Waals surface area contributed by atoms with Crippen LogP contribution in [-0.4, -0.2) is 27.8 Å². The zero-order valence-electron chi connectivity index (χ0n) is 15.0. The predicted molar refractivity (Wildman–Crippen MR) is 94.4 cm³/mol. The molecule has 2 heterocycles. The monoisotopic (exact) mass is 337 g/mol. The van der Waals surface area contributed by atoms with Crippen molar-refractivity contribution in [2.24, 2.45) is 11.8 Å². The van der Waals surface area contributed by atoms with E-state index in [1.54, 1.807) is 19.5 Å². The molecule has 0 spiro atoms. The highest BCUT2D eigenvalue weighted by molar-refractivity contribution is 5.82. The molecule has 0 N–H and O–H groups in total. The van der Waals surface area contributed by atoms with Crippen molar-refractivity contribution in [2.45, 2.75) is 44.9 Å². The summed E-state index contributed by atoms with van der Waals surface area (Å²) in [5.41, 5.74) is 2.95. The maximum absolute atomic E-state index is 12.2. The van der Waals surface area contributed by atoms with E-state index in [0.29, 0.717) is 29.8 Å². The summed E-state index contributed by atoms with van der Waals surface area (Å²) in [7, 11) is 1.66. The van der Waals surface area contributed by atoms with Crippen LogP contribution in [0.15, 0.2) is 24.5 Å². The first-order valence-corrected chi connectivity index (χ1v) is 8.93. The number of methoxy groups -OCH3 is 1. The molecule has 3 atom stereocenters. The van der Waals surface area contributed by atoms with Gasteiger partial charge in [-0.05, 0) is 37.3 Å². The van der Waals surface area contributed by atoms with Gasteiger partial charge >= 0.3 is 0 Å². The number of nitrogens with zero attached hydrogens (tertiary/aromatic N) is 3. The lowest BCUT2D eigenvalue weighted by molar-refractivity contribution is -0.128. The maximum atomic E-state index is 12.2. The lowest BCUT2D eigenvalue weighted by Crippen LogP contribution is -2.47. The summed E-state index contributed by atoms with van der Waals surface area (Å²) in [5, 5.41) is 0. The van der Waals surface area contributed by atoms with Crippen molar-refractivity contribution in [3.8, 4) is 17.3 Å². The van der Waals surface area contributed by atoms with Crippen LogP contribution in [0.25, 0.3) is 11.4 Å². The van der Waals surface area contributed by atoms with Gasteiger partial charge < -0.3 is 4.74 Å². The second kappa shape index (κ2) is 5.90. The van der Waals surface area contributed by atoms with Crippen molar-refractivity contribution in [2.75, 3.05) is 7.11 Å². The van der Waals surface area contributed by atoms with E-state index in [1.165, 1.54) is 0 Å². The number of aromatic nitrogens is 3. The highest BCUT2D eigenvalue weighted by atomic mass is 16.5. The van der Waals surface area contributed by atoms with Gasteiger partial charge in [-0.2, -0.15) is 4.98 Å². The van der Waals surface area contributed by atoms with Crippen LogP contribution >= 0.6 is 0 Å². The van der Waals surface area contributed by atoms with Gasteiger partial charge in [0.2, 0.25) is 5.88 Å². The van der Waals surface area contributed by atoms with Crippen LogP contribution in [0.2, 0.25) is 0 Å². The molecule has 25 heavy (non-hydrogen) atoms. The Hall–Kier alpha value is -2.30. The average molecular weight is 337 g/mol. The van der Waals surface area contributed by atoms with E-state index in [0.717, 1.165) is 36.1 Å². The van der Waals surface area contributed by atoms with Gasteiger partial charge in [-0.1, -0.05) is 13.8 Å². The molecule has 2 aliphatic carbocycles. The van der Waals surface area contributed by atoms with Crippen LogP contribution in [0.5, 0.6) is 5.88 Å². The molecule has 2 aromatic heterocycles. The molecular weight excluding hydrogens is 314 g/mol. The Kier molecular flexibility index (Phi) is 3.82. The van der Waals surface area contributed by atoms with E-state index in [9.17, 15) is 4.79 Å². The minimum Gasteiger partial charge on any atom is -0.481 e. The first-order chi connectivity index (χ1) is 12.0. The largest absolute Gasteiger partial charge is 0.481 e. The zero-order valence-corrected chi connectivity index (χ0v) is 15.0. The average Bonchev–Trinajstić information content (AvgIpc) is 2.65. The Morgan fingerprint density at radius 3 is 2.84 bits per heavy atom. The van der Waals surface area contributed by atoms with Crippen LogP contribution in [0, 0.1) is 11.8 Å². The van der Waals surface area contributed by atoms with Crippen molar-refractivity contribution in [1.82, 2.24) is 15.0 Å². The Bertz CT molecular complexity index is 821. The predicted octanol–water partition coefficient (Wildman–Crippen LogP) is 3.37. The first kappa shape index (κ1) is 16.2. The van der Waals surface area contributed by atoms with Crippen LogP contribution in [0.3, 0.4) is 0 Å². The van der Waals surface area contributed by atoms with Gasteiger partial charge in [0.15, 0.2) is 5.82 Å². The molecule has 5 heteroatoms. The maximum Gasteiger partial charge on any atom is 0.220 e. The van der Waals surface area contributed by atoms with Crippen LogP contribution < -0.4 is 4.74 Å². The molecule has 0 aliphatic heterocycles. The third kappa shape index (κ3) is 2.44. The van der Waals surface area contributed by atoms with Gasteiger partial charge in [0.25, 0.3) is 0 Å². The van der Waals surface area contributed by atoms with Gasteiger partial charge in [-0.25, -0.2) is 4.98 Å². The summed E-state index contributed by atoms with van der Waals surface area (Å²) >= 11 is 0. The van der Waals surface area contributed by atoms with Crippen molar-refractivity contribution in [3.63, 3.8) is 0 Å². The standard InChI is InChI=1S/C20H23N3O2/c1-12-15-7-6-14-17(20(15,2)9-8-16(12)24)22-18(23-19(14)25-3)13-5-4-10-21-11-13/h4-5,10-12,15H,6-9H2,1-3H3/t12-,15-,20-/m1/s1. The SMILES string of the molecule is COc1nc(-c2cccnc2)nc2c1CC[C@@H]1[C@@H](C)C(=O)CC[C@@]21C. The molecule has 130 valence electrons. The summed E-state index contributed by atoms with van der Waals surface area (Å²) < 4.78 is 5.61. The fourth-order valence-corrected chi connectivity index (χ4v) is 4.69. The number of fused-ring (bicyclic) bond motifs is 3. The number of ketones is 1. The molecule has 2 aliphatic rings. The molecule has 0 unspecified atom stereocenters. The second-order valence-electron chi connectivity index (χ2n) is 7.44.